The Morgan fingerprint density at radius 2 is 1.77 bits per heavy atom. The zero-order chi connectivity index (χ0) is 23.1. The molecule has 1 aromatic rings. The molecule has 0 saturated carbocycles. The number of allylic oxidation sites excluding steroid dienone is 9. The van der Waals surface area contributed by atoms with Gasteiger partial charge in [0, 0.05) is 11.8 Å². The van der Waals surface area contributed by atoms with E-state index in [1.807, 2.05) is 25.2 Å². The molecular formula is C25H31NO4S. The minimum atomic E-state index is -3.64. The highest BCUT2D eigenvalue weighted by Crippen LogP contribution is 2.40. The van der Waals surface area contributed by atoms with Crippen LogP contribution in [0, 0.1) is 5.41 Å². The summed E-state index contributed by atoms with van der Waals surface area (Å²) in [6.07, 6.45) is 13.1. The Hall–Kier alpha value is -2.86. The van der Waals surface area contributed by atoms with Gasteiger partial charge in [0.15, 0.2) is 0 Å². The molecule has 1 aromatic carbocycles. The minimum Gasteiger partial charge on any atom is -0.478 e. The molecule has 0 atom stereocenters. The van der Waals surface area contributed by atoms with Crippen LogP contribution in [0.25, 0.3) is 0 Å². The Kier molecular flexibility index (Phi) is 8.22. The molecular weight excluding hydrogens is 410 g/mol. The van der Waals surface area contributed by atoms with Crippen LogP contribution in [0.5, 0.6) is 0 Å². The normalized spacial score (nSPS) is 18.1. The van der Waals surface area contributed by atoms with E-state index in [0.717, 1.165) is 35.8 Å². The molecule has 0 unspecified atom stereocenters. The molecule has 0 aliphatic heterocycles. The van der Waals surface area contributed by atoms with Crippen molar-refractivity contribution in [2.45, 2.75) is 51.9 Å². The van der Waals surface area contributed by atoms with Crippen LogP contribution in [0.2, 0.25) is 0 Å². The van der Waals surface area contributed by atoms with Gasteiger partial charge >= 0.3 is 5.97 Å². The van der Waals surface area contributed by atoms with Gasteiger partial charge in [-0.05, 0) is 61.8 Å². The summed E-state index contributed by atoms with van der Waals surface area (Å²) in [7, 11) is -3.64. The lowest BCUT2D eigenvalue weighted by molar-refractivity contribution is -0.131. The second kappa shape index (κ2) is 10.4. The number of carboxylic acid groups (broad SMARTS) is 1. The predicted molar refractivity (Wildman–Crippen MR) is 125 cm³/mol. The van der Waals surface area contributed by atoms with Crippen molar-refractivity contribution >= 4 is 16.0 Å². The van der Waals surface area contributed by atoms with Gasteiger partial charge in [0.1, 0.15) is 0 Å². The summed E-state index contributed by atoms with van der Waals surface area (Å²) >= 11 is 0. The first-order chi connectivity index (χ1) is 14.5. The topological polar surface area (TPSA) is 83.5 Å². The third kappa shape index (κ3) is 7.40. The van der Waals surface area contributed by atoms with E-state index < -0.39 is 16.0 Å². The van der Waals surface area contributed by atoms with Gasteiger partial charge in [-0.3, -0.25) is 4.72 Å². The maximum atomic E-state index is 12.8. The highest BCUT2D eigenvalue weighted by Gasteiger charge is 2.30. The molecule has 6 heteroatoms. The van der Waals surface area contributed by atoms with Crippen LogP contribution >= 0.6 is 0 Å². The number of hydrogen-bond acceptors (Lipinski definition) is 3. The zero-order valence-corrected chi connectivity index (χ0v) is 19.4. The molecule has 1 aliphatic carbocycles. The van der Waals surface area contributed by atoms with Crippen LogP contribution in [0.15, 0.2) is 94.1 Å². The molecule has 0 aromatic heterocycles. The first-order valence-electron chi connectivity index (χ1n) is 10.3. The fraction of sp³-hybridized carbons (Fsp3) is 0.320. The SMILES string of the molecule is CC(/C=C/C1=C(NS(=O)(=O)c2ccccc2)CCCC1(C)C)=C\C=C\C(C)=C\C(=O)O. The van der Waals surface area contributed by atoms with Crippen molar-refractivity contribution in [1.82, 2.24) is 4.72 Å². The van der Waals surface area contributed by atoms with Crippen LogP contribution in [0.3, 0.4) is 0 Å². The van der Waals surface area contributed by atoms with Gasteiger partial charge < -0.3 is 5.11 Å². The van der Waals surface area contributed by atoms with Crippen molar-refractivity contribution in [2.75, 3.05) is 0 Å². The van der Waals surface area contributed by atoms with Gasteiger partial charge in [-0.2, -0.15) is 0 Å². The van der Waals surface area contributed by atoms with Crippen molar-refractivity contribution in [3.63, 3.8) is 0 Å². The molecule has 0 fully saturated rings. The average Bonchev–Trinajstić information content (AvgIpc) is 2.67. The largest absolute Gasteiger partial charge is 0.478 e. The van der Waals surface area contributed by atoms with E-state index in [2.05, 4.69) is 18.6 Å². The fourth-order valence-corrected chi connectivity index (χ4v) is 4.67. The van der Waals surface area contributed by atoms with Gasteiger partial charge in [0.05, 0.1) is 4.90 Å². The maximum Gasteiger partial charge on any atom is 0.328 e. The van der Waals surface area contributed by atoms with E-state index in [-0.39, 0.29) is 10.3 Å². The number of carbonyl (C=O) groups is 1. The van der Waals surface area contributed by atoms with Crippen LogP contribution in [-0.4, -0.2) is 19.5 Å². The number of rotatable bonds is 8. The van der Waals surface area contributed by atoms with Gasteiger partial charge in [-0.15, -0.1) is 0 Å². The summed E-state index contributed by atoms with van der Waals surface area (Å²) < 4.78 is 28.5. The number of carboxylic acids is 1. The summed E-state index contributed by atoms with van der Waals surface area (Å²) in [5.41, 5.74) is 3.19. The molecule has 0 spiro atoms. The molecule has 0 heterocycles. The van der Waals surface area contributed by atoms with Crippen LogP contribution in [0.1, 0.15) is 47.0 Å². The van der Waals surface area contributed by atoms with Crippen molar-refractivity contribution in [3.05, 3.63) is 89.2 Å². The zero-order valence-electron chi connectivity index (χ0n) is 18.6. The van der Waals surface area contributed by atoms with E-state index in [1.165, 1.54) is 0 Å². The number of aliphatic carboxylic acids is 1. The Bertz CT molecular complexity index is 1060. The minimum absolute atomic E-state index is 0.153. The van der Waals surface area contributed by atoms with Crippen LogP contribution in [0.4, 0.5) is 0 Å². The summed E-state index contributed by atoms with van der Waals surface area (Å²) in [6, 6.07) is 8.39. The Labute approximate surface area is 185 Å². The van der Waals surface area contributed by atoms with E-state index in [9.17, 15) is 13.2 Å². The van der Waals surface area contributed by atoms with Crippen molar-refractivity contribution < 1.29 is 18.3 Å². The molecule has 0 amide bonds. The summed E-state index contributed by atoms with van der Waals surface area (Å²) in [5, 5.41) is 8.76. The Morgan fingerprint density at radius 3 is 2.42 bits per heavy atom. The highest BCUT2D eigenvalue weighted by molar-refractivity contribution is 7.89. The molecule has 0 radical (unpaired) electrons. The van der Waals surface area contributed by atoms with E-state index >= 15 is 0 Å². The predicted octanol–water partition coefficient (Wildman–Crippen LogP) is 5.52. The summed E-state index contributed by atoms with van der Waals surface area (Å²) in [5.74, 6) is -0.973. The van der Waals surface area contributed by atoms with Crippen molar-refractivity contribution in [1.29, 1.82) is 0 Å². The highest BCUT2D eigenvalue weighted by atomic mass is 32.2. The monoisotopic (exact) mass is 441 g/mol. The lowest BCUT2D eigenvalue weighted by Gasteiger charge is -2.34. The van der Waals surface area contributed by atoms with Crippen LogP contribution in [-0.2, 0) is 14.8 Å². The second-order valence-electron chi connectivity index (χ2n) is 8.38. The molecule has 0 bridgehead atoms. The summed E-state index contributed by atoms with van der Waals surface area (Å²) in [6.45, 7) is 7.93. The molecule has 31 heavy (non-hydrogen) atoms. The number of benzene rings is 1. The van der Waals surface area contributed by atoms with Gasteiger partial charge in [0.25, 0.3) is 10.0 Å². The quantitative estimate of drug-likeness (QED) is 0.411. The van der Waals surface area contributed by atoms with E-state index in [0.29, 0.717) is 12.0 Å². The summed E-state index contributed by atoms with van der Waals surface area (Å²) in [4.78, 5) is 10.9. The van der Waals surface area contributed by atoms with Crippen molar-refractivity contribution in [2.24, 2.45) is 5.41 Å². The smallest absolute Gasteiger partial charge is 0.328 e. The lowest BCUT2D eigenvalue weighted by Crippen LogP contribution is -2.30. The third-order valence-corrected chi connectivity index (χ3v) is 6.58. The molecule has 2 rings (SSSR count). The van der Waals surface area contributed by atoms with Crippen LogP contribution < -0.4 is 4.72 Å². The van der Waals surface area contributed by atoms with Gasteiger partial charge in [-0.1, -0.05) is 68.0 Å². The van der Waals surface area contributed by atoms with E-state index in [1.54, 1.807) is 49.4 Å². The second-order valence-corrected chi connectivity index (χ2v) is 10.1. The number of sulfonamides is 1. The van der Waals surface area contributed by atoms with E-state index in [4.69, 9.17) is 5.11 Å². The first kappa shape index (κ1) is 24.4. The standard InChI is InChI=1S/C25H31NO4S/c1-19(10-8-11-20(2)18-24(27)28)15-16-22-23(14-9-17-25(22,3)4)26-31(29,30)21-12-6-5-7-13-21/h5-8,10-13,15-16,18,26H,9,14,17H2,1-4H3,(H,27,28)/b11-8+,16-15+,19-10+,20-18+. The van der Waals surface area contributed by atoms with Crippen molar-refractivity contribution in [3.8, 4) is 0 Å². The number of nitrogens with one attached hydrogen (secondary N) is 1. The maximum absolute atomic E-state index is 12.8. The molecule has 166 valence electrons. The lowest BCUT2D eigenvalue weighted by atomic mass is 9.74. The third-order valence-electron chi connectivity index (χ3n) is 5.18. The Balaban J connectivity index is 2.30. The fourth-order valence-electron chi connectivity index (χ4n) is 3.50. The Morgan fingerprint density at radius 1 is 1.10 bits per heavy atom. The molecule has 2 N–H and O–H groups in total. The van der Waals surface area contributed by atoms with Gasteiger partial charge in [0.2, 0.25) is 0 Å². The molecule has 1 aliphatic rings. The molecule has 5 nitrogen and oxygen atoms in total. The molecule has 0 saturated heterocycles. The average molecular weight is 442 g/mol. The number of hydrogen-bond donors (Lipinski definition) is 2. The van der Waals surface area contributed by atoms with Gasteiger partial charge in [-0.25, -0.2) is 13.2 Å². The first-order valence-corrected chi connectivity index (χ1v) is 11.8.